The minimum atomic E-state index is 0.536. The highest BCUT2D eigenvalue weighted by Gasteiger charge is 2.01. The van der Waals surface area contributed by atoms with Gasteiger partial charge in [0, 0.05) is 11.8 Å². The van der Waals surface area contributed by atoms with Gasteiger partial charge >= 0.3 is 0 Å². The van der Waals surface area contributed by atoms with E-state index in [1.807, 2.05) is 24.3 Å². The molecule has 0 fully saturated rings. The van der Waals surface area contributed by atoms with Crippen LogP contribution < -0.4 is 10.5 Å². The first-order valence-electron chi connectivity index (χ1n) is 6.06. The van der Waals surface area contributed by atoms with Crippen molar-refractivity contribution in [1.82, 2.24) is 4.98 Å². The number of hydrogen-bond acceptors (Lipinski definition) is 3. The van der Waals surface area contributed by atoms with Crippen LogP contribution in [0, 0.1) is 0 Å². The predicted octanol–water partition coefficient (Wildman–Crippen LogP) is 3.49. The Morgan fingerprint density at radius 3 is 2.37 bits per heavy atom. The van der Waals surface area contributed by atoms with E-state index in [1.165, 1.54) is 5.39 Å². The summed E-state index contributed by atoms with van der Waals surface area (Å²) in [5.74, 6) is 1.41. The average Bonchev–Trinajstić information content (AvgIpc) is 2.47. The molecule has 0 saturated carbocycles. The molecular weight excluding hydrogens is 236 g/mol. The van der Waals surface area contributed by atoms with E-state index >= 15 is 0 Å². The number of methoxy groups -OCH3 is 1. The molecule has 0 bridgehead atoms. The first-order valence-corrected chi connectivity index (χ1v) is 6.06. The molecule has 94 valence electrons. The van der Waals surface area contributed by atoms with Crippen molar-refractivity contribution in [2.24, 2.45) is 0 Å². The summed E-state index contributed by atoms with van der Waals surface area (Å²) in [6.07, 6.45) is 1.79. The van der Waals surface area contributed by atoms with Gasteiger partial charge in [-0.3, -0.25) is 0 Å². The number of nitrogens with zero attached hydrogens (tertiary/aromatic N) is 1. The second-order valence-corrected chi connectivity index (χ2v) is 4.40. The van der Waals surface area contributed by atoms with Crippen LogP contribution in [-0.2, 0) is 0 Å². The van der Waals surface area contributed by atoms with Gasteiger partial charge in [-0.1, -0.05) is 18.2 Å². The maximum Gasteiger partial charge on any atom is 0.123 e. The Balaban J connectivity index is 2.08. The van der Waals surface area contributed by atoms with Crippen molar-refractivity contribution in [3.63, 3.8) is 0 Å². The minimum Gasteiger partial charge on any atom is -0.497 e. The lowest BCUT2D eigenvalue weighted by Gasteiger charge is -2.06. The summed E-state index contributed by atoms with van der Waals surface area (Å²) in [6.45, 7) is 0. The van der Waals surface area contributed by atoms with Gasteiger partial charge in [0.25, 0.3) is 0 Å². The third kappa shape index (κ3) is 2.22. The molecule has 2 N–H and O–H groups in total. The Kier molecular flexibility index (Phi) is 2.80. The van der Waals surface area contributed by atoms with Gasteiger partial charge in [-0.2, -0.15) is 0 Å². The first kappa shape index (κ1) is 11.5. The molecular formula is C16H14N2O. The number of aromatic nitrogens is 1. The maximum atomic E-state index is 5.60. The molecule has 3 heteroatoms. The van der Waals surface area contributed by atoms with E-state index in [1.54, 1.807) is 13.3 Å². The number of nitrogens with two attached hydrogens (primary N) is 1. The van der Waals surface area contributed by atoms with Crippen molar-refractivity contribution in [2.45, 2.75) is 0 Å². The SMILES string of the molecule is COc1ccc2cc(-c3ccc(N)nc3)ccc2c1. The second-order valence-electron chi connectivity index (χ2n) is 4.40. The molecule has 1 heterocycles. The van der Waals surface area contributed by atoms with Crippen LogP contribution in [0.1, 0.15) is 0 Å². The molecule has 0 saturated heterocycles. The van der Waals surface area contributed by atoms with Gasteiger partial charge in [0.1, 0.15) is 11.6 Å². The molecule has 0 atom stereocenters. The van der Waals surface area contributed by atoms with Crippen LogP contribution in [0.15, 0.2) is 54.7 Å². The molecule has 0 spiro atoms. The fourth-order valence-corrected chi connectivity index (χ4v) is 2.11. The summed E-state index contributed by atoms with van der Waals surface area (Å²) in [7, 11) is 1.68. The maximum absolute atomic E-state index is 5.60. The second kappa shape index (κ2) is 4.61. The van der Waals surface area contributed by atoms with Crippen LogP contribution in [-0.4, -0.2) is 12.1 Å². The van der Waals surface area contributed by atoms with Crippen LogP contribution in [0.3, 0.4) is 0 Å². The van der Waals surface area contributed by atoms with Crippen LogP contribution in [0.25, 0.3) is 21.9 Å². The molecule has 1 aromatic heterocycles. The largest absolute Gasteiger partial charge is 0.497 e. The van der Waals surface area contributed by atoms with E-state index in [0.717, 1.165) is 22.3 Å². The number of fused-ring (bicyclic) bond motifs is 1. The normalized spacial score (nSPS) is 10.6. The Bertz CT molecular complexity index is 720. The molecule has 0 aliphatic carbocycles. The average molecular weight is 250 g/mol. The number of anilines is 1. The molecule has 0 radical (unpaired) electrons. The zero-order chi connectivity index (χ0) is 13.2. The van der Waals surface area contributed by atoms with Crippen LogP contribution in [0.4, 0.5) is 5.82 Å². The van der Waals surface area contributed by atoms with Gasteiger partial charge in [0.2, 0.25) is 0 Å². The fraction of sp³-hybridized carbons (Fsp3) is 0.0625. The zero-order valence-electron chi connectivity index (χ0n) is 10.6. The van der Waals surface area contributed by atoms with E-state index in [-0.39, 0.29) is 0 Å². The number of ether oxygens (including phenoxy) is 1. The van der Waals surface area contributed by atoms with Crippen molar-refractivity contribution < 1.29 is 4.74 Å². The molecule has 3 rings (SSSR count). The highest BCUT2D eigenvalue weighted by atomic mass is 16.5. The number of rotatable bonds is 2. The lowest BCUT2D eigenvalue weighted by Crippen LogP contribution is -1.89. The van der Waals surface area contributed by atoms with Crippen LogP contribution in [0.5, 0.6) is 5.75 Å². The Labute approximate surface area is 111 Å². The van der Waals surface area contributed by atoms with E-state index in [4.69, 9.17) is 10.5 Å². The Morgan fingerprint density at radius 2 is 1.63 bits per heavy atom. The van der Waals surface area contributed by atoms with Gasteiger partial charge in [-0.25, -0.2) is 4.98 Å². The van der Waals surface area contributed by atoms with Crippen molar-refractivity contribution >= 4 is 16.6 Å². The summed E-state index contributed by atoms with van der Waals surface area (Å²) in [4.78, 5) is 4.12. The first-order chi connectivity index (χ1) is 9.26. The van der Waals surface area contributed by atoms with Crippen LogP contribution in [0.2, 0.25) is 0 Å². The smallest absolute Gasteiger partial charge is 0.123 e. The van der Waals surface area contributed by atoms with Crippen molar-refractivity contribution in [2.75, 3.05) is 12.8 Å². The lowest BCUT2D eigenvalue weighted by atomic mass is 10.0. The molecule has 0 amide bonds. The van der Waals surface area contributed by atoms with E-state index in [2.05, 4.69) is 29.2 Å². The molecule has 3 aromatic rings. The molecule has 0 unspecified atom stereocenters. The number of benzene rings is 2. The summed E-state index contributed by atoms with van der Waals surface area (Å²) in [5.41, 5.74) is 7.79. The summed E-state index contributed by atoms with van der Waals surface area (Å²) >= 11 is 0. The third-order valence-corrected chi connectivity index (χ3v) is 3.17. The standard InChI is InChI=1S/C16H14N2O/c1-19-15-6-4-11-8-12(2-3-13(11)9-15)14-5-7-16(17)18-10-14/h2-10H,1H3,(H2,17,18). The van der Waals surface area contributed by atoms with Gasteiger partial charge in [-0.15, -0.1) is 0 Å². The lowest BCUT2D eigenvalue weighted by molar-refractivity contribution is 0.415. The van der Waals surface area contributed by atoms with E-state index in [9.17, 15) is 0 Å². The van der Waals surface area contributed by atoms with Crippen LogP contribution >= 0.6 is 0 Å². The number of nitrogen functional groups attached to an aromatic ring is 1. The molecule has 3 nitrogen and oxygen atoms in total. The Hall–Kier alpha value is -2.55. The molecule has 2 aromatic carbocycles. The quantitative estimate of drug-likeness (QED) is 0.757. The van der Waals surface area contributed by atoms with Gasteiger partial charge in [-0.05, 0) is 46.7 Å². The third-order valence-electron chi connectivity index (χ3n) is 3.17. The number of pyridine rings is 1. The molecule has 0 aliphatic heterocycles. The van der Waals surface area contributed by atoms with Crippen molar-refractivity contribution in [3.05, 3.63) is 54.7 Å². The molecule has 0 aliphatic rings. The monoisotopic (exact) mass is 250 g/mol. The van der Waals surface area contributed by atoms with Gasteiger partial charge in [0.05, 0.1) is 7.11 Å². The van der Waals surface area contributed by atoms with Gasteiger partial charge < -0.3 is 10.5 Å². The topological polar surface area (TPSA) is 48.1 Å². The van der Waals surface area contributed by atoms with E-state index < -0.39 is 0 Å². The van der Waals surface area contributed by atoms with Crippen molar-refractivity contribution in [3.8, 4) is 16.9 Å². The number of hydrogen-bond donors (Lipinski definition) is 1. The summed E-state index contributed by atoms with van der Waals surface area (Å²) < 4.78 is 5.23. The molecule has 19 heavy (non-hydrogen) atoms. The van der Waals surface area contributed by atoms with Crippen molar-refractivity contribution in [1.29, 1.82) is 0 Å². The minimum absolute atomic E-state index is 0.536. The van der Waals surface area contributed by atoms with Gasteiger partial charge in [0.15, 0.2) is 0 Å². The predicted molar refractivity (Wildman–Crippen MR) is 78.1 cm³/mol. The summed E-state index contributed by atoms with van der Waals surface area (Å²) in [6, 6.07) is 16.1. The Morgan fingerprint density at radius 1 is 0.895 bits per heavy atom. The summed E-state index contributed by atoms with van der Waals surface area (Å²) in [5, 5.41) is 2.33. The fourth-order valence-electron chi connectivity index (χ4n) is 2.11. The highest BCUT2D eigenvalue weighted by molar-refractivity contribution is 5.88. The zero-order valence-corrected chi connectivity index (χ0v) is 10.6. The van der Waals surface area contributed by atoms with E-state index in [0.29, 0.717) is 5.82 Å². The highest BCUT2D eigenvalue weighted by Crippen LogP contribution is 2.26.